The van der Waals surface area contributed by atoms with Gasteiger partial charge in [0.2, 0.25) is 0 Å². The van der Waals surface area contributed by atoms with E-state index in [1.165, 1.54) is 0 Å². The number of amides is 2. The average Bonchev–Trinajstić information content (AvgIpc) is 2.87. The highest BCUT2D eigenvalue weighted by Gasteiger charge is 2.19. The molecule has 0 spiro atoms. The number of aromatic amines is 1. The zero-order chi connectivity index (χ0) is 15.2. The third kappa shape index (κ3) is 4.08. The van der Waals surface area contributed by atoms with E-state index in [9.17, 15) is 4.79 Å². The Hall–Kier alpha value is -2.30. The molecule has 2 amide bonds. The van der Waals surface area contributed by atoms with Gasteiger partial charge in [-0.2, -0.15) is 0 Å². The third-order valence-electron chi connectivity index (χ3n) is 3.16. The van der Waals surface area contributed by atoms with Gasteiger partial charge in [0, 0.05) is 6.54 Å². The number of imidazole rings is 1. The van der Waals surface area contributed by atoms with Crippen molar-refractivity contribution < 1.29 is 4.79 Å². The Morgan fingerprint density at radius 3 is 2.86 bits per heavy atom. The molecule has 0 aliphatic rings. The molecule has 1 heterocycles. The second-order valence-corrected chi connectivity index (χ2v) is 5.46. The molecule has 0 fully saturated rings. The lowest BCUT2D eigenvalue weighted by Crippen LogP contribution is -2.38. The first-order valence-electron chi connectivity index (χ1n) is 7.20. The summed E-state index contributed by atoms with van der Waals surface area (Å²) in [5, 5.41) is 5.70. The van der Waals surface area contributed by atoms with Gasteiger partial charge in [-0.3, -0.25) is 0 Å². The van der Waals surface area contributed by atoms with Gasteiger partial charge in [0.1, 0.15) is 5.82 Å². The van der Waals surface area contributed by atoms with Crippen LogP contribution in [-0.4, -0.2) is 22.5 Å². The molecule has 0 saturated heterocycles. The SMILES string of the molecule is C=CCNC(=O)NC(CC(C)C)c1nc2ccccc2[nH]1. The van der Waals surface area contributed by atoms with Crippen molar-refractivity contribution in [1.82, 2.24) is 20.6 Å². The molecular weight excluding hydrogens is 264 g/mol. The van der Waals surface area contributed by atoms with E-state index < -0.39 is 0 Å². The molecule has 112 valence electrons. The molecule has 21 heavy (non-hydrogen) atoms. The quantitative estimate of drug-likeness (QED) is 0.714. The highest BCUT2D eigenvalue weighted by atomic mass is 16.2. The van der Waals surface area contributed by atoms with Crippen LogP contribution >= 0.6 is 0 Å². The van der Waals surface area contributed by atoms with Crippen LogP contribution in [0.25, 0.3) is 11.0 Å². The number of urea groups is 1. The number of H-pyrrole nitrogens is 1. The first-order valence-corrected chi connectivity index (χ1v) is 7.20. The topological polar surface area (TPSA) is 69.8 Å². The van der Waals surface area contributed by atoms with Gasteiger partial charge in [-0.1, -0.05) is 32.1 Å². The number of rotatable bonds is 6. The average molecular weight is 286 g/mol. The van der Waals surface area contributed by atoms with Crippen LogP contribution < -0.4 is 10.6 Å². The predicted octanol–water partition coefficient (Wildman–Crippen LogP) is 3.14. The number of carbonyl (C=O) groups excluding carboxylic acids is 1. The van der Waals surface area contributed by atoms with Crippen molar-refractivity contribution in [1.29, 1.82) is 0 Å². The van der Waals surface area contributed by atoms with Gasteiger partial charge in [0.05, 0.1) is 17.1 Å². The molecule has 1 aromatic heterocycles. The van der Waals surface area contributed by atoms with E-state index in [1.54, 1.807) is 6.08 Å². The Morgan fingerprint density at radius 2 is 2.19 bits per heavy atom. The fourth-order valence-corrected chi connectivity index (χ4v) is 2.22. The summed E-state index contributed by atoms with van der Waals surface area (Å²) in [6.07, 6.45) is 2.47. The van der Waals surface area contributed by atoms with Crippen LogP contribution in [0.5, 0.6) is 0 Å². The first-order chi connectivity index (χ1) is 10.1. The summed E-state index contributed by atoms with van der Waals surface area (Å²) < 4.78 is 0. The molecule has 0 aliphatic carbocycles. The standard InChI is InChI=1S/C16H22N4O/c1-4-9-17-16(21)20-14(10-11(2)3)15-18-12-7-5-6-8-13(12)19-15/h4-8,11,14H,1,9-10H2,2-3H3,(H,18,19)(H2,17,20,21). The number of fused-ring (bicyclic) bond motifs is 1. The molecule has 0 radical (unpaired) electrons. The first kappa shape index (κ1) is 15.1. The van der Waals surface area contributed by atoms with Gasteiger partial charge in [0.15, 0.2) is 0 Å². The van der Waals surface area contributed by atoms with Gasteiger partial charge >= 0.3 is 6.03 Å². The van der Waals surface area contributed by atoms with Crippen molar-refractivity contribution in [3.8, 4) is 0 Å². The van der Waals surface area contributed by atoms with Crippen LogP contribution in [0.1, 0.15) is 32.1 Å². The maximum atomic E-state index is 11.9. The molecule has 0 bridgehead atoms. The smallest absolute Gasteiger partial charge is 0.315 e. The zero-order valence-corrected chi connectivity index (χ0v) is 12.5. The van der Waals surface area contributed by atoms with E-state index in [4.69, 9.17) is 0 Å². The number of nitrogens with one attached hydrogen (secondary N) is 3. The van der Waals surface area contributed by atoms with E-state index >= 15 is 0 Å². The van der Waals surface area contributed by atoms with Crippen molar-refractivity contribution in [2.45, 2.75) is 26.3 Å². The molecular formula is C16H22N4O. The van der Waals surface area contributed by atoms with Crippen LogP contribution in [0.4, 0.5) is 4.79 Å². The fourth-order valence-electron chi connectivity index (χ4n) is 2.22. The molecule has 0 saturated carbocycles. The van der Waals surface area contributed by atoms with Crippen LogP contribution in [0.15, 0.2) is 36.9 Å². The molecule has 2 aromatic rings. The van der Waals surface area contributed by atoms with Crippen LogP contribution in [0.2, 0.25) is 0 Å². The molecule has 5 nitrogen and oxygen atoms in total. The molecule has 1 atom stereocenters. The van der Waals surface area contributed by atoms with Crippen molar-refractivity contribution in [3.63, 3.8) is 0 Å². The zero-order valence-electron chi connectivity index (χ0n) is 12.5. The van der Waals surface area contributed by atoms with E-state index in [0.29, 0.717) is 12.5 Å². The second-order valence-electron chi connectivity index (χ2n) is 5.46. The summed E-state index contributed by atoms with van der Waals surface area (Å²) in [5.41, 5.74) is 1.89. The van der Waals surface area contributed by atoms with E-state index in [1.807, 2.05) is 24.3 Å². The Bertz CT molecular complexity index is 585. The normalized spacial score (nSPS) is 12.3. The molecule has 0 aliphatic heterocycles. The van der Waals surface area contributed by atoms with Crippen molar-refractivity contribution in [3.05, 3.63) is 42.7 Å². The van der Waals surface area contributed by atoms with E-state index in [-0.39, 0.29) is 12.1 Å². The number of hydrogen-bond donors (Lipinski definition) is 3. The van der Waals surface area contributed by atoms with E-state index in [0.717, 1.165) is 23.3 Å². The van der Waals surface area contributed by atoms with Crippen LogP contribution in [0, 0.1) is 5.92 Å². The third-order valence-corrected chi connectivity index (χ3v) is 3.16. The van der Waals surface area contributed by atoms with Crippen molar-refractivity contribution >= 4 is 17.1 Å². The minimum Gasteiger partial charge on any atom is -0.340 e. The summed E-state index contributed by atoms with van der Waals surface area (Å²) >= 11 is 0. The number of benzene rings is 1. The van der Waals surface area contributed by atoms with Gasteiger partial charge in [0.25, 0.3) is 0 Å². The molecule has 1 aromatic carbocycles. The number of carbonyl (C=O) groups is 1. The molecule has 3 N–H and O–H groups in total. The van der Waals surface area contributed by atoms with E-state index in [2.05, 4.69) is 41.0 Å². The van der Waals surface area contributed by atoms with Gasteiger partial charge in [-0.05, 0) is 24.5 Å². The number of hydrogen-bond acceptors (Lipinski definition) is 2. The Kier molecular flexibility index (Phi) is 4.98. The van der Waals surface area contributed by atoms with Crippen molar-refractivity contribution in [2.75, 3.05) is 6.54 Å². The van der Waals surface area contributed by atoms with Gasteiger partial charge < -0.3 is 15.6 Å². The Balaban J connectivity index is 2.18. The summed E-state index contributed by atoms with van der Waals surface area (Å²) in [6, 6.07) is 7.51. The maximum absolute atomic E-state index is 11.9. The highest BCUT2D eigenvalue weighted by molar-refractivity contribution is 5.76. The molecule has 5 heteroatoms. The van der Waals surface area contributed by atoms with Gasteiger partial charge in [-0.25, -0.2) is 9.78 Å². The van der Waals surface area contributed by atoms with Crippen molar-refractivity contribution in [2.24, 2.45) is 5.92 Å². The molecule has 2 rings (SSSR count). The minimum atomic E-state index is -0.207. The Morgan fingerprint density at radius 1 is 1.43 bits per heavy atom. The fraction of sp³-hybridized carbons (Fsp3) is 0.375. The second kappa shape index (κ2) is 6.92. The summed E-state index contributed by atoms with van der Waals surface area (Å²) in [7, 11) is 0. The van der Waals surface area contributed by atoms with Crippen LogP contribution in [-0.2, 0) is 0 Å². The lowest BCUT2D eigenvalue weighted by molar-refractivity contribution is 0.235. The lowest BCUT2D eigenvalue weighted by Gasteiger charge is -2.18. The van der Waals surface area contributed by atoms with Crippen LogP contribution in [0.3, 0.4) is 0 Å². The number of aromatic nitrogens is 2. The van der Waals surface area contributed by atoms with Gasteiger partial charge in [-0.15, -0.1) is 6.58 Å². The maximum Gasteiger partial charge on any atom is 0.315 e. The highest BCUT2D eigenvalue weighted by Crippen LogP contribution is 2.21. The summed E-state index contributed by atoms with van der Waals surface area (Å²) in [5.74, 6) is 1.24. The minimum absolute atomic E-state index is 0.137. The summed E-state index contributed by atoms with van der Waals surface area (Å²) in [4.78, 5) is 19.7. The lowest BCUT2D eigenvalue weighted by atomic mass is 10.0. The number of nitrogens with zero attached hydrogens (tertiary/aromatic N) is 1. The number of para-hydroxylation sites is 2. The Labute approximate surface area is 124 Å². The predicted molar refractivity (Wildman–Crippen MR) is 85.0 cm³/mol. The largest absolute Gasteiger partial charge is 0.340 e. The summed E-state index contributed by atoms with van der Waals surface area (Å²) in [6.45, 7) is 8.28. The molecule has 1 unspecified atom stereocenters. The monoisotopic (exact) mass is 286 g/mol.